The summed E-state index contributed by atoms with van der Waals surface area (Å²) < 4.78 is 41.1. The van der Waals surface area contributed by atoms with Crippen LogP contribution in [0.4, 0.5) is 13.2 Å². The molecule has 0 aliphatic carbocycles. The molecule has 0 saturated carbocycles. The van der Waals surface area contributed by atoms with Gasteiger partial charge in [-0.15, -0.1) is 13.2 Å². The molecule has 24 heavy (non-hydrogen) atoms. The number of para-hydroxylation sites is 1. The molecule has 0 aliphatic heterocycles. The first kappa shape index (κ1) is 18.3. The molecule has 0 radical (unpaired) electrons. The average molecular weight is 378 g/mol. The maximum atomic E-state index is 12.4. The number of benzene rings is 1. The third-order valence-electron chi connectivity index (χ3n) is 2.76. The molecule has 0 spiro atoms. The molecule has 0 atom stereocenters. The molecule has 5 nitrogen and oxygen atoms in total. The van der Waals surface area contributed by atoms with Crippen molar-refractivity contribution in [3.05, 3.63) is 46.7 Å². The number of ether oxygens (including phenoxy) is 1. The van der Waals surface area contributed by atoms with E-state index in [0.29, 0.717) is 5.16 Å². The first-order chi connectivity index (χ1) is 11.3. The summed E-state index contributed by atoms with van der Waals surface area (Å²) in [6.07, 6.45) is -1.80. The second-order valence-electron chi connectivity index (χ2n) is 4.39. The van der Waals surface area contributed by atoms with Crippen molar-refractivity contribution in [2.75, 3.05) is 6.26 Å². The van der Waals surface area contributed by atoms with Gasteiger partial charge in [-0.1, -0.05) is 41.6 Å². The molecular formula is C14H11ClF3N3O2S. The van der Waals surface area contributed by atoms with Crippen LogP contribution in [0.2, 0.25) is 5.02 Å². The number of alkyl halides is 3. The number of nitrogens with zero attached hydrogens (tertiary/aromatic N) is 2. The van der Waals surface area contributed by atoms with E-state index in [4.69, 9.17) is 11.6 Å². The van der Waals surface area contributed by atoms with E-state index in [2.05, 4.69) is 20.0 Å². The van der Waals surface area contributed by atoms with Gasteiger partial charge in [-0.05, 0) is 12.3 Å². The third-order valence-corrected chi connectivity index (χ3v) is 3.60. The fraction of sp³-hybridized carbons (Fsp3) is 0.214. The van der Waals surface area contributed by atoms with Crippen LogP contribution in [0.5, 0.6) is 5.75 Å². The molecular weight excluding hydrogens is 367 g/mol. The number of halogens is 4. The standard InChI is InChI=1S/C14H11ClF3N3O2S/c1-24-13-20-7-9(15)11(21-13)12(22)19-6-8-4-2-3-5-10(8)23-14(16,17)18/h2-5,7H,6H2,1H3,(H,19,22). The predicted octanol–water partition coefficient (Wildman–Crippen LogP) is 3.68. The lowest BCUT2D eigenvalue weighted by atomic mass is 10.2. The minimum atomic E-state index is -4.82. The zero-order valence-corrected chi connectivity index (χ0v) is 13.8. The highest BCUT2D eigenvalue weighted by atomic mass is 35.5. The van der Waals surface area contributed by atoms with E-state index in [-0.39, 0.29) is 28.6 Å². The smallest absolute Gasteiger partial charge is 0.405 e. The Kier molecular flexibility index (Phi) is 5.89. The summed E-state index contributed by atoms with van der Waals surface area (Å²) in [5, 5.41) is 2.86. The lowest BCUT2D eigenvalue weighted by Crippen LogP contribution is -2.25. The Morgan fingerprint density at radius 2 is 2.08 bits per heavy atom. The van der Waals surface area contributed by atoms with Gasteiger partial charge in [0.25, 0.3) is 5.91 Å². The zero-order valence-electron chi connectivity index (χ0n) is 12.2. The first-order valence-electron chi connectivity index (χ1n) is 6.48. The van der Waals surface area contributed by atoms with E-state index in [1.807, 2.05) is 0 Å². The number of amides is 1. The van der Waals surface area contributed by atoms with Crippen LogP contribution >= 0.6 is 23.4 Å². The van der Waals surface area contributed by atoms with Crippen LogP contribution in [0.25, 0.3) is 0 Å². The molecule has 0 fully saturated rings. The highest BCUT2D eigenvalue weighted by Crippen LogP contribution is 2.26. The SMILES string of the molecule is CSc1ncc(Cl)c(C(=O)NCc2ccccc2OC(F)(F)F)n1. The molecule has 2 aromatic rings. The molecule has 10 heteroatoms. The lowest BCUT2D eigenvalue weighted by molar-refractivity contribution is -0.274. The van der Waals surface area contributed by atoms with Gasteiger partial charge in [0, 0.05) is 12.1 Å². The highest BCUT2D eigenvalue weighted by molar-refractivity contribution is 7.98. The summed E-state index contributed by atoms with van der Waals surface area (Å²) in [4.78, 5) is 20.0. The Hall–Kier alpha value is -2.00. The van der Waals surface area contributed by atoms with Crippen LogP contribution < -0.4 is 10.1 Å². The van der Waals surface area contributed by atoms with E-state index in [1.165, 1.54) is 42.2 Å². The van der Waals surface area contributed by atoms with Crippen LogP contribution in [0.1, 0.15) is 16.1 Å². The van der Waals surface area contributed by atoms with Crippen molar-refractivity contribution in [1.82, 2.24) is 15.3 Å². The number of carbonyl (C=O) groups is 1. The number of aromatic nitrogens is 2. The topological polar surface area (TPSA) is 64.1 Å². The number of thioether (sulfide) groups is 1. The quantitative estimate of drug-likeness (QED) is 0.636. The van der Waals surface area contributed by atoms with Gasteiger partial charge in [0.15, 0.2) is 10.9 Å². The van der Waals surface area contributed by atoms with Crippen molar-refractivity contribution >= 4 is 29.3 Å². The Morgan fingerprint density at radius 3 is 2.75 bits per heavy atom. The summed E-state index contributed by atoms with van der Waals surface area (Å²) in [6.45, 7) is -0.181. The van der Waals surface area contributed by atoms with Crippen molar-refractivity contribution in [2.45, 2.75) is 18.1 Å². The van der Waals surface area contributed by atoms with E-state index in [0.717, 1.165) is 0 Å². The lowest BCUT2D eigenvalue weighted by Gasteiger charge is -2.13. The zero-order chi connectivity index (χ0) is 17.7. The molecule has 2 rings (SSSR count). The largest absolute Gasteiger partial charge is 0.573 e. The normalized spacial score (nSPS) is 11.2. The van der Waals surface area contributed by atoms with Crippen molar-refractivity contribution in [2.24, 2.45) is 0 Å². The van der Waals surface area contributed by atoms with Crippen LogP contribution in [0, 0.1) is 0 Å². The molecule has 0 unspecified atom stereocenters. The monoisotopic (exact) mass is 377 g/mol. The number of hydrogen-bond acceptors (Lipinski definition) is 5. The molecule has 0 saturated heterocycles. The summed E-state index contributed by atoms with van der Waals surface area (Å²) >= 11 is 7.11. The second-order valence-corrected chi connectivity index (χ2v) is 5.57. The van der Waals surface area contributed by atoms with Crippen LogP contribution in [0.15, 0.2) is 35.6 Å². The maximum Gasteiger partial charge on any atom is 0.573 e. The predicted molar refractivity (Wildman–Crippen MR) is 83.1 cm³/mol. The first-order valence-corrected chi connectivity index (χ1v) is 8.09. The molecule has 1 aromatic heterocycles. The number of hydrogen-bond donors (Lipinski definition) is 1. The van der Waals surface area contributed by atoms with Crippen LogP contribution in [-0.2, 0) is 6.54 Å². The van der Waals surface area contributed by atoms with E-state index >= 15 is 0 Å². The minimum Gasteiger partial charge on any atom is -0.405 e. The molecule has 0 bridgehead atoms. The van der Waals surface area contributed by atoms with E-state index in [1.54, 1.807) is 6.26 Å². The maximum absolute atomic E-state index is 12.4. The van der Waals surface area contributed by atoms with Crippen molar-refractivity contribution in [3.63, 3.8) is 0 Å². The van der Waals surface area contributed by atoms with Gasteiger partial charge < -0.3 is 10.1 Å². The summed E-state index contributed by atoms with van der Waals surface area (Å²) in [5.74, 6) is -1.01. The molecule has 1 N–H and O–H groups in total. The third kappa shape index (κ3) is 5.00. The van der Waals surface area contributed by atoms with E-state index in [9.17, 15) is 18.0 Å². The Balaban J connectivity index is 2.13. The minimum absolute atomic E-state index is 0.0464. The van der Waals surface area contributed by atoms with Crippen LogP contribution in [0.3, 0.4) is 0 Å². The van der Waals surface area contributed by atoms with Crippen molar-refractivity contribution < 1.29 is 22.7 Å². The molecule has 1 aromatic carbocycles. The van der Waals surface area contributed by atoms with Crippen molar-refractivity contribution in [1.29, 1.82) is 0 Å². The Morgan fingerprint density at radius 1 is 1.38 bits per heavy atom. The Bertz CT molecular complexity index is 743. The Labute approximate surface area is 144 Å². The van der Waals surface area contributed by atoms with Gasteiger partial charge in [0.1, 0.15) is 5.75 Å². The fourth-order valence-electron chi connectivity index (χ4n) is 1.74. The summed E-state index contributed by atoms with van der Waals surface area (Å²) in [6, 6.07) is 5.52. The second kappa shape index (κ2) is 7.71. The fourth-order valence-corrected chi connectivity index (χ4v) is 2.26. The highest BCUT2D eigenvalue weighted by Gasteiger charge is 2.32. The van der Waals surface area contributed by atoms with Crippen molar-refractivity contribution in [3.8, 4) is 5.75 Å². The average Bonchev–Trinajstić information content (AvgIpc) is 2.53. The van der Waals surface area contributed by atoms with Gasteiger partial charge in [-0.25, -0.2) is 9.97 Å². The molecule has 1 heterocycles. The molecule has 128 valence electrons. The summed E-state index contributed by atoms with van der Waals surface area (Å²) in [5.41, 5.74) is 0.115. The summed E-state index contributed by atoms with van der Waals surface area (Å²) in [7, 11) is 0. The van der Waals surface area contributed by atoms with Gasteiger partial charge >= 0.3 is 6.36 Å². The number of carbonyl (C=O) groups excluding carboxylic acids is 1. The van der Waals surface area contributed by atoms with Gasteiger partial charge in [0.2, 0.25) is 0 Å². The van der Waals surface area contributed by atoms with Gasteiger partial charge in [0.05, 0.1) is 11.2 Å². The van der Waals surface area contributed by atoms with Gasteiger partial charge in [-0.2, -0.15) is 0 Å². The molecule has 0 aliphatic rings. The van der Waals surface area contributed by atoms with Crippen LogP contribution in [-0.4, -0.2) is 28.5 Å². The van der Waals surface area contributed by atoms with Gasteiger partial charge in [-0.3, -0.25) is 4.79 Å². The number of rotatable bonds is 5. The molecule has 1 amide bonds. The van der Waals surface area contributed by atoms with E-state index < -0.39 is 12.3 Å². The number of nitrogens with one attached hydrogen (secondary N) is 1.